The van der Waals surface area contributed by atoms with Crippen LogP contribution in [0.15, 0.2) is 30.3 Å². The minimum Gasteiger partial charge on any atom is -0.507 e. The van der Waals surface area contributed by atoms with Crippen LogP contribution in [0.3, 0.4) is 0 Å². The van der Waals surface area contributed by atoms with Crippen LogP contribution in [-0.2, 0) is 0 Å². The van der Waals surface area contributed by atoms with Crippen molar-refractivity contribution in [1.29, 1.82) is 0 Å². The molecule has 0 saturated carbocycles. The van der Waals surface area contributed by atoms with Gasteiger partial charge >= 0.3 is 12.2 Å². The summed E-state index contributed by atoms with van der Waals surface area (Å²) in [5, 5.41) is 14.6. The summed E-state index contributed by atoms with van der Waals surface area (Å²) in [6.07, 6.45) is -2.94. The quantitative estimate of drug-likeness (QED) is 0.448. The van der Waals surface area contributed by atoms with Crippen LogP contribution in [0.2, 0.25) is 5.02 Å². The molecule has 1 saturated heterocycles. The Kier molecular flexibility index (Phi) is 8.86. The second-order valence-corrected chi connectivity index (χ2v) is 7.40. The lowest BCUT2D eigenvalue weighted by Gasteiger charge is -2.17. The Morgan fingerprint density at radius 2 is 1.70 bits per heavy atom. The van der Waals surface area contributed by atoms with E-state index in [1.807, 2.05) is 0 Å². The number of nitrogens with zero attached hydrogens (tertiary/aromatic N) is 1. The molecule has 0 aliphatic carbocycles. The molecular weight excluding hydrogens is 473 g/mol. The first-order valence-electron chi connectivity index (χ1n) is 9.83. The molecule has 2 aromatic carbocycles. The third-order valence-corrected chi connectivity index (χ3v) is 4.88. The molecule has 1 aliphatic heterocycles. The first-order chi connectivity index (χ1) is 15.4. The average molecular weight is 494 g/mol. The van der Waals surface area contributed by atoms with Gasteiger partial charge in [0.2, 0.25) is 0 Å². The van der Waals surface area contributed by atoms with Crippen LogP contribution < -0.4 is 10.6 Å². The van der Waals surface area contributed by atoms with Crippen molar-refractivity contribution in [2.24, 2.45) is 0 Å². The van der Waals surface area contributed by atoms with E-state index in [9.17, 15) is 36.6 Å². The summed E-state index contributed by atoms with van der Waals surface area (Å²) in [6, 6.07) is 5.04. The number of urea groups is 1. The van der Waals surface area contributed by atoms with Gasteiger partial charge in [-0.2, -0.15) is 13.2 Å². The van der Waals surface area contributed by atoms with Crippen LogP contribution >= 0.6 is 11.6 Å². The smallest absolute Gasteiger partial charge is 0.388 e. The highest BCUT2D eigenvalue weighted by atomic mass is 35.5. The summed E-state index contributed by atoms with van der Waals surface area (Å²) in [5.74, 6) is -3.20. The van der Waals surface area contributed by atoms with Crippen molar-refractivity contribution in [2.45, 2.75) is 32.4 Å². The van der Waals surface area contributed by atoms with Gasteiger partial charge in [-0.05, 0) is 31.0 Å². The number of hydrogen-bond donors (Lipinski definition) is 3. The number of benzene rings is 2. The summed E-state index contributed by atoms with van der Waals surface area (Å²) < 4.78 is 60.4. The molecule has 1 aliphatic rings. The van der Waals surface area contributed by atoms with E-state index in [0.717, 1.165) is 38.0 Å². The Morgan fingerprint density at radius 1 is 1.09 bits per heavy atom. The predicted octanol–water partition coefficient (Wildman–Crippen LogP) is 6.16. The molecule has 0 aromatic heterocycles. The van der Waals surface area contributed by atoms with Crippen LogP contribution in [0.1, 0.15) is 36.5 Å². The fraction of sp³-hybridized carbons (Fsp3) is 0.333. The van der Waals surface area contributed by atoms with Crippen LogP contribution in [0.25, 0.3) is 0 Å². The van der Waals surface area contributed by atoms with Gasteiger partial charge in [-0.1, -0.05) is 24.6 Å². The molecule has 33 heavy (non-hydrogen) atoms. The topological polar surface area (TPSA) is 81.7 Å². The van der Waals surface area contributed by atoms with Crippen molar-refractivity contribution in [3.8, 4) is 5.75 Å². The monoisotopic (exact) mass is 493 g/mol. The van der Waals surface area contributed by atoms with Gasteiger partial charge in [0.05, 0.1) is 22.0 Å². The largest absolute Gasteiger partial charge is 0.507 e. The standard InChI is InChI=1S/C18H16ClF2N3O3.C3H5F3/c19-11-4-3-5-12(20)16(11)23-17(26)10-8-13(21)14(9-15(10)25)22-18(27)24-6-1-2-7-24;1-2-3(4,5)6/h3-5,8-9,25H,1-2,6-7H2,(H,22,27)(H,23,26);2H2,1H3. The van der Waals surface area contributed by atoms with E-state index in [4.69, 9.17) is 11.6 Å². The number of nitrogens with one attached hydrogen (secondary N) is 2. The van der Waals surface area contributed by atoms with Crippen LogP contribution in [0, 0.1) is 11.6 Å². The molecule has 1 fully saturated rings. The molecule has 12 heteroatoms. The molecule has 3 rings (SSSR count). The zero-order chi connectivity index (χ0) is 24.8. The number of aromatic hydroxyl groups is 1. The molecule has 3 N–H and O–H groups in total. The van der Waals surface area contributed by atoms with Gasteiger partial charge in [0.15, 0.2) is 0 Å². The second kappa shape index (κ2) is 11.2. The number of hydrogen-bond acceptors (Lipinski definition) is 3. The number of alkyl halides is 3. The lowest BCUT2D eigenvalue weighted by molar-refractivity contribution is -0.130. The zero-order valence-corrected chi connectivity index (χ0v) is 18.2. The molecule has 180 valence electrons. The summed E-state index contributed by atoms with van der Waals surface area (Å²) in [5.41, 5.74) is -0.966. The molecule has 0 spiro atoms. The first-order valence-corrected chi connectivity index (χ1v) is 10.2. The van der Waals surface area contributed by atoms with Gasteiger partial charge in [-0.3, -0.25) is 4.79 Å². The number of rotatable bonds is 3. The zero-order valence-electron chi connectivity index (χ0n) is 17.4. The van der Waals surface area contributed by atoms with Gasteiger partial charge in [0.1, 0.15) is 17.4 Å². The Labute approximate surface area is 191 Å². The van der Waals surface area contributed by atoms with Crippen molar-refractivity contribution in [3.63, 3.8) is 0 Å². The molecular formula is C21H21ClF5N3O3. The second-order valence-electron chi connectivity index (χ2n) is 6.99. The predicted molar refractivity (Wildman–Crippen MR) is 114 cm³/mol. The molecule has 6 nitrogen and oxygen atoms in total. The molecule has 0 bridgehead atoms. The van der Waals surface area contributed by atoms with E-state index in [-0.39, 0.29) is 16.4 Å². The van der Waals surface area contributed by atoms with Crippen molar-refractivity contribution in [3.05, 3.63) is 52.6 Å². The maximum atomic E-state index is 14.3. The van der Waals surface area contributed by atoms with E-state index < -0.39 is 47.5 Å². The molecule has 2 aromatic rings. The Balaban J connectivity index is 0.000000569. The third-order valence-electron chi connectivity index (χ3n) is 4.57. The van der Waals surface area contributed by atoms with E-state index in [1.165, 1.54) is 17.0 Å². The van der Waals surface area contributed by atoms with Gasteiger partial charge in [0, 0.05) is 25.6 Å². The number of halogens is 6. The number of para-hydroxylation sites is 1. The summed E-state index contributed by atoms with van der Waals surface area (Å²) >= 11 is 5.83. The highest BCUT2D eigenvalue weighted by Gasteiger charge is 2.23. The average Bonchev–Trinajstić information content (AvgIpc) is 3.28. The summed E-state index contributed by atoms with van der Waals surface area (Å²) in [7, 11) is 0. The Bertz CT molecular complexity index is 991. The van der Waals surface area contributed by atoms with E-state index in [0.29, 0.717) is 13.1 Å². The van der Waals surface area contributed by atoms with Gasteiger partial charge < -0.3 is 20.6 Å². The van der Waals surface area contributed by atoms with Crippen LogP contribution in [0.4, 0.5) is 38.1 Å². The van der Waals surface area contributed by atoms with Gasteiger partial charge in [-0.25, -0.2) is 13.6 Å². The minimum absolute atomic E-state index is 0.0437. The number of amides is 3. The first kappa shape index (κ1) is 26.2. The Hall–Kier alpha value is -3.08. The normalized spacial score (nSPS) is 13.2. The number of phenolic OH excluding ortho intramolecular Hbond substituents is 1. The molecule has 0 atom stereocenters. The van der Waals surface area contributed by atoms with Crippen molar-refractivity contribution < 1.29 is 36.6 Å². The number of likely N-dealkylation sites (tertiary alicyclic amines) is 1. The van der Waals surface area contributed by atoms with Crippen LogP contribution in [0.5, 0.6) is 5.75 Å². The lowest BCUT2D eigenvalue weighted by Crippen LogP contribution is -2.32. The lowest BCUT2D eigenvalue weighted by atomic mass is 10.1. The molecule has 0 unspecified atom stereocenters. The highest BCUT2D eigenvalue weighted by Crippen LogP contribution is 2.29. The van der Waals surface area contributed by atoms with Gasteiger partial charge in [0.25, 0.3) is 5.91 Å². The molecule has 1 heterocycles. The van der Waals surface area contributed by atoms with Crippen LogP contribution in [-0.4, -0.2) is 41.2 Å². The van der Waals surface area contributed by atoms with E-state index in [1.54, 1.807) is 0 Å². The fourth-order valence-corrected chi connectivity index (χ4v) is 2.96. The highest BCUT2D eigenvalue weighted by molar-refractivity contribution is 6.34. The summed E-state index contributed by atoms with van der Waals surface area (Å²) in [6.45, 7) is 2.23. The SMILES string of the molecule is CCC(F)(F)F.O=C(Nc1c(F)cccc1Cl)c1cc(F)c(NC(=O)N2CCCC2)cc1O. The van der Waals surface area contributed by atoms with E-state index in [2.05, 4.69) is 10.6 Å². The molecule has 0 radical (unpaired) electrons. The van der Waals surface area contributed by atoms with E-state index >= 15 is 0 Å². The van der Waals surface area contributed by atoms with Crippen molar-refractivity contribution in [1.82, 2.24) is 4.90 Å². The maximum absolute atomic E-state index is 14.3. The summed E-state index contributed by atoms with van der Waals surface area (Å²) in [4.78, 5) is 25.8. The Morgan fingerprint density at radius 3 is 2.24 bits per heavy atom. The number of carbonyl (C=O) groups excluding carboxylic acids is 2. The number of carbonyl (C=O) groups is 2. The van der Waals surface area contributed by atoms with Crippen molar-refractivity contribution >= 4 is 34.9 Å². The number of phenols is 1. The maximum Gasteiger partial charge on any atom is 0.388 e. The van der Waals surface area contributed by atoms with Crippen molar-refractivity contribution in [2.75, 3.05) is 23.7 Å². The third kappa shape index (κ3) is 7.48. The fourth-order valence-electron chi connectivity index (χ4n) is 2.75. The minimum atomic E-state index is -3.96. The van der Waals surface area contributed by atoms with Gasteiger partial charge in [-0.15, -0.1) is 0 Å². The molecule has 3 amide bonds. The number of anilines is 2.